The van der Waals surface area contributed by atoms with E-state index in [1.54, 1.807) is 0 Å². The molecule has 0 aromatic heterocycles. The van der Waals surface area contributed by atoms with E-state index in [-0.39, 0.29) is 15.7 Å². The fraction of sp³-hybridized carbons (Fsp3) is 0.400. The molecule has 0 atom stereocenters. The van der Waals surface area contributed by atoms with Crippen molar-refractivity contribution in [1.29, 1.82) is 0 Å². The van der Waals surface area contributed by atoms with Gasteiger partial charge in [0.25, 0.3) is 0 Å². The lowest BCUT2D eigenvalue weighted by Gasteiger charge is -2.05. The Balaban J connectivity index is 2.86. The lowest BCUT2D eigenvalue weighted by molar-refractivity contribution is 0.591. The number of hydrogen-bond donors (Lipinski definition) is 1. The Morgan fingerprint density at radius 3 is 2.69 bits per heavy atom. The van der Waals surface area contributed by atoms with Crippen molar-refractivity contribution < 1.29 is 12.8 Å². The first kappa shape index (κ1) is 13.4. The summed E-state index contributed by atoms with van der Waals surface area (Å²) in [5.41, 5.74) is 0. The standard InChI is InChI=1S/C10H13ClFNO2S/c1-2-13-5-6-16(14,15)8-3-4-10(12)9(11)7-8/h3-4,7,13H,2,5-6H2,1H3. The molecule has 0 aliphatic rings. The second kappa shape index (κ2) is 5.61. The lowest BCUT2D eigenvalue weighted by atomic mass is 10.3. The first-order valence-corrected chi connectivity index (χ1v) is 6.89. The van der Waals surface area contributed by atoms with E-state index in [0.717, 1.165) is 12.1 Å². The van der Waals surface area contributed by atoms with Crippen molar-refractivity contribution in [1.82, 2.24) is 5.32 Å². The van der Waals surface area contributed by atoms with Gasteiger partial charge in [0.2, 0.25) is 0 Å². The van der Waals surface area contributed by atoms with Gasteiger partial charge in [-0.15, -0.1) is 0 Å². The van der Waals surface area contributed by atoms with Crippen LogP contribution in [-0.2, 0) is 9.84 Å². The predicted octanol–water partition coefficient (Wildman–Crippen LogP) is 1.86. The summed E-state index contributed by atoms with van der Waals surface area (Å²) in [6.45, 7) is 2.97. The van der Waals surface area contributed by atoms with E-state index in [0.29, 0.717) is 13.1 Å². The van der Waals surface area contributed by atoms with Crippen molar-refractivity contribution in [2.24, 2.45) is 0 Å². The molecule has 3 nitrogen and oxygen atoms in total. The van der Waals surface area contributed by atoms with Crippen molar-refractivity contribution >= 4 is 21.4 Å². The number of halogens is 2. The van der Waals surface area contributed by atoms with Gasteiger partial charge in [-0.1, -0.05) is 18.5 Å². The Morgan fingerprint density at radius 1 is 1.44 bits per heavy atom. The van der Waals surface area contributed by atoms with Gasteiger partial charge in [0.1, 0.15) is 5.82 Å². The second-order valence-electron chi connectivity index (χ2n) is 3.25. The molecule has 0 saturated carbocycles. The van der Waals surface area contributed by atoms with Gasteiger partial charge in [-0.05, 0) is 24.7 Å². The maximum absolute atomic E-state index is 12.9. The Hall–Kier alpha value is -0.650. The average Bonchev–Trinajstić information content (AvgIpc) is 2.22. The molecule has 0 amide bonds. The molecule has 0 bridgehead atoms. The molecule has 0 aliphatic heterocycles. The number of benzene rings is 1. The van der Waals surface area contributed by atoms with Gasteiger partial charge in [0, 0.05) is 6.54 Å². The van der Waals surface area contributed by atoms with Crippen molar-refractivity contribution in [3.63, 3.8) is 0 Å². The van der Waals surface area contributed by atoms with E-state index in [2.05, 4.69) is 5.32 Å². The Morgan fingerprint density at radius 2 is 2.12 bits per heavy atom. The maximum Gasteiger partial charge on any atom is 0.179 e. The van der Waals surface area contributed by atoms with Crippen molar-refractivity contribution in [3.05, 3.63) is 29.0 Å². The van der Waals surface area contributed by atoms with Crippen LogP contribution in [0.15, 0.2) is 23.1 Å². The third-order valence-corrected chi connectivity index (χ3v) is 4.05. The maximum atomic E-state index is 12.9. The van der Waals surface area contributed by atoms with Gasteiger partial charge in [-0.3, -0.25) is 0 Å². The molecule has 0 heterocycles. The van der Waals surface area contributed by atoms with E-state index in [1.165, 1.54) is 6.07 Å². The van der Waals surface area contributed by atoms with Gasteiger partial charge < -0.3 is 5.32 Å². The normalized spacial score (nSPS) is 11.7. The smallest absolute Gasteiger partial charge is 0.179 e. The molecular formula is C10H13ClFNO2S. The summed E-state index contributed by atoms with van der Waals surface area (Å²) in [4.78, 5) is 0.0526. The van der Waals surface area contributed by atoms with Gasteiger partial charge in [0.15, 0.2) is 9.84 Å². The van der Waals surface area contributed by atoms with E-state index in [4.69, 9.17) is 11.6 Å². The SMILES string of the molecule is CCNCCS(=O)(=O)c1ccc(F)c(Cl)c1. The minimum absolute atomic E-state index is 0.0250. The van der Waals surface area contributed by atoms with Crippen LogP contribution in [0.1, 0.15) is 6.92 Å². The molecule has 1 aromatic carbocycles. The fourth-order valence-corrected chi connectivity index (χ4v) is 2.64. The molecule has 1 aromatic rings. The van der Waals surface area contributed by atoms with Gasteiger partial charge in [0.05, 0.1) is 15.7 Å². The Labute approximate surface area is 99.5 Å². The largest absolute Gasteiger partial charge is 0.316 e. The third-order valence-electron chi connectivity index (χ3n) is 2.05. The van der Waals surface area contributed by atoms with Crippen LogP contribution in [-0.4, -0.2) is 27.3 Å². The highest BCUT2D eigenvalue weighted by molar-refractivity contribution is 7.91. The second-order valence-corrected chi connectivity index (χ2v) is 5.76. The van der Waals surface area contributed by atoms with Crippen LogP contribution in [0.5, 0.6) is 0 Å². The zero-order valence-corrected chi connectivity index (χ0v) is 10.4. The number of sulfone groups is 1. The molecule has 0 unspecified atom stereocenters. The third kappa shape index (κ3) is 3.43. The average molecular weight is 266 g/mol. The van der Waals surface area contributed by atoms with Crippen molar-refractivity contribution in [2.75, 3.05) is 18.8 Å². The first-order valence-electron chi connectivity index (χ1n) is 4.86. The fourth-order valence-electron chi connectivity index (χ4n) is 1.17. The van der Waals surface area contributed by atoms with Gasteiger partial charge >= 0.3 is 0 Å². The highest BCUT2D eigenvalue weighted by Crippen LogP contribution is 2.20. The number of nitrogens with one attached hydrogen (secondary N) is 1. The van der Waals surface area contributed by atoms with Crippen LogP contribution in [0.25, 0.3) is 0 Å². The van der Waals surface area contributed by atoms with E-state index >= 15 is 0 Å². The zero-order valence-electron chi connectivity index (χ0n) is 8.83. The molecular weight excluding hydrogens is 253 g/mol. The first-order chi connectivity index (χ1) is 7.47. The predicted molar refractivity (Wildman–Crippen MR) is 62.0 cm³/mol. The summed E-state index contributed by atoms with van der Waals surface area (Å²) < 4.78 is 36.4. The molecule has 6 heteroatoms. The monoisotopic (exact) mass is 265 g/mol. The lowest BCUT2D eigenvalue weighted by Crippen LogP contribution is -2.22. The molecule has 0 saturated heterocycles. The highest BCUT2D eigenvalue weighted by Gasteiger charge is 2.15. The molecule has 16 heavy (non-hydrogen) atoms. The van der Waals surface area contributed by atoms with Crippen LogP contribution < -0.4 is 5.32 Å². The molecule has 90 valence electrons. The van der Waals surface area contributed by atoms with Crippen molar-refractivity contribution in [3.8, 4) is 0 Å². The molecule has 0 aliphatic carbocycles. The molecule has 0 fully saturated rings. The van der Waals surface area contributed by atoms with E-state index < -0.39 is 15.7 Å². The summed E-state index contributed by atoms with van der Waals surface area (Å²) in [5, 5.41) is 2.74. The summed E-state index contributed by atoms with van der Waals surface area (Å²) in [6.07, 6.45) is 0. The number of rotatable bonds is 5. The van der Waals surface area contributed by atoms with Crippen LogP contribution in [0.4, 0.5) is 4.39 Å². The van der Waals surface area contributed by atoms with Crippen molar-refractivity contribution in [2.45, 2.75) is 11.8 Å². The summed E-state index contributed by atoms with van der Waals surface area (Å²) >= 11 is 5.53. The van der Waals surface area contributed by atoms with Gasteiger partial charge in [-0.25, -0.2) is 12.8 Å². The van der Waals surface area contributed by atoms with E-state index in [9.17, 15) is 12.8 Å². The molecule has 0 radical (unpaired) electrons. The Bertz CT molecular complexity index is 462. The van der Waals surface area contributed by atoms with Gasteiger partial charge in [-0.2, -0.15) is 0 Å². The van der Waals surface area contributed by atoms with Crippen LogP contribution in [0.2, 0.25) is 5.02 Å². The minimum Gasteiger partial charge on any atom is -0.316 e. The van der Waals surface area contributed by atoms with E-state index in [1.807, 2.05) is 6.92 Å². The topological polar surface area (TPSA) is 46.2 Å². The summed E-state index contributed by atoms with van der Waals surface area (Å²) in [6, 6.07) is 3.42. The highest BCUT2D eigenvalue weighted by atomic mass is 35.5. The van der Waals surface area contributed by atoms with Crippen LogP contribution in [0.3, 0.4) is 0 Å². The Kier molecular flexibility index (Phi) is 4.70. The zero-order chi connectivity index (χ0) is 12.2. The number of hydrogen-bond acceptors (Lipinski definition) is 3. The van der Waals surface area contributed by atoms with Crippen LogP contribution >= 0.6 is 11.6 Å². The minimum atomic E-state index is -3.39. The molecule has 0 spiro atoms. The molecule has 1 N–H and O–H groups in total. The molecule has 1 rings (SSSR count). The summed E-state index contributed by atoms with van der Waals surface area (Å²) in [5.74, 6) is -0.643. The summed E-state index contributed by atoms with van der Waals surface area (Å²) in [7, 11) is -3.39. The quantitative estimate of drug-likeness (QED) is 0.653. The van der Waals surface area contributed by atoms with Crippen LogP contribution in [0, 0.1) is 5.82 Å².